The Morgan fingerprint density at radius 1 is 0.327 bits per heavy atom. The van der Waals surface area contributed by atoms with Crippen LogP contribution in [0.5, 0.6) is 0 Å². The molecule has 0 aliphatic heterocycles. The van der Waals surface area contributed by atoms with Gasteiger partial charge in [0.15, 0.2) is 0 Å². The molecule has 0 fully saturated rings. The molecule has 2 nitrogen and oxygen atoms in total. The van der Waals surface area contributed by atoms with Crippen molar-refractivity contribution in [1.29, 1.82) is 0 Å². The zero-order chi connectivity index (χ0) is 36.0. The lowest BCUT2D eigenvalue weighted by molar-refractivity contribution is 1.32. The van der Waals surface area contributed by atoms with E-state index >= 15 is 0 Å². The quantitative estimate of drug-likeness (QED) is 0.134. The van der Waals surface area contributed by atoms with E-state index in [4.69, 9.17) is 9.97 Å². The molecule has 0 bridgehead atoms. The summed E-state index contributed by atoms with van der Waals surface area (Å²) >= 11 is 0. The third-order valence-electron chi connectivity index (χ3n) is 11.5. The maximum atomic E-state index is 5.11. The van der Waals surface area contributed by atoms with Gasteiger partial charge in [-0.2, -0.15) is 0 Å². The standard InChI is InChI=1S/C52H31N2P/c1-3-14-36-33(12-1)30-48(41-18-7-5-16-39(36)41)55(49-31-34-13-2-4-15-37(34)40-17-6-8-19-42(40)49)35-26-24-32(25-27-35)38-28-29-45-50-43(38)20-11-21-44(50)51-52(45)54-47-23-10-9-22-46(47)53-51/h1-31H. The lowest BCUT2D eigenvalue weighted by atomic mass is 9.95. The van der Waals surface area contributed by atoms with E-state index in [-0.39, 0.29) is 0 Å². The van der Waals surface area contributed by atoms with Gasteiger partial charge in [-0.25, -0.2) is 9.97 Å². The van der Waals surface area contributed by atoms with Crippen LogP contribution in [0.4, 0.5) is 0 Å². The van der Waals surface area contributed by atoms with Crippen molar-refractivity contribution in [2.24, 2.45) is 0 Å². The number of aromatic nitrogens is 2. The second-order valence-corrected chi connectivity index (χ2v) is 16.7. The Bertz CT molecular complexity index is 3220. The summed E-state index contributed by atoms with van der Waals surface area (Å²) < 4.78 is 0. The highest BCUT2D eigenvalue weighted by atomic mass is 31.1. The molecule has 0 radical (unpaired) electrons. The summed E-state index contributed by atoms with van der Waals surface area (Å²) in [4.78, 5) is 10.2. The Kier molecular flexibility index (Phi) is 6.64. The number of benzene rings is 10. The summed E-state index contributed by atoms with van der Waals surface area (Å²) in [7, 11) is -0.972. The highest BCUT2D eigenvalue weighted by Gasteiger charge is 2.27. The van der Waals surface area contributed by atoms with Crippen molar-refractivity contribution in [3.05, 3.63) is 188 Å². The molecular formula is C52H31N2P. The second-order valence-electron chi connectivity index (χ2n) is 14.5. The van der Waals surface area contributed by atoms with E-state index in [9.17, 15) is 0 Å². The van der Waals surface area contributed by atoms with Crippen LogP contribution in [0.3, 0.4) is 0 Å². The number of hydrogen-bond acceptors (Lipinski definition) is 2. The molecule has 12 rings (SSSR count). The molecular weight excluding hydrogens is 684 g/mol. The highest BCUT2D eigenvalue weighted by Crippen LogP contribution is 2.48. The van der Waals surface area contributed by atoms with Crippen LogP contribution in [-0.4, -0.2) is 9.97 Å². The molecule has 3 heteroatoms. The highest BCUT2D eigenvalue weighted by molar-refractivity contribution is 7.80. The zero-order valence-electron chi connectivity index (χ0n) is 29.7. The molecule has 11 aromatic rings. The molecule has 0 amide bonds. The van der Waals surface area contributed by atoms with Crippen LogP contribution >= 0.6 is 7.92 Å². The topological polar surface area (TPSA) is 25.8 Å². The fourth-order valence-electron chi connectivity index (χ4n) is 9.07. The Balaban J connectivity index is 1.07. The summed E-state index contributed by atoms with van der Waals surface area (Å²) in [5.74, 6) is 0. The smallest absolute Gasteiger partial charge is 0.0979 e. The van der Waals surface area contributed by atoms with E-state index in [2.05, 4.69) is 176 Å². The van der Waals surface area contributed by atoms with Gasteiger partial charge < -0.3 is 0 Å². The Hall–Kier alpha value is -6.73. The van der Waals surface area contributed by atoms with E-state index in [1.807, 2.05) is 12.1 Å². The van der Waals surface area contributed by atoms with Gasteiger partial charge in [0.1, 0.15) is 0 Å². The summed E-state index contributed by atoms with van der Waals surface area (Å²) in [6.07, 6.45) is 0. The van der Waals surface area contributed by atoms with Gasteiger partial charge in [0.25, 0.3) is 0 Å². The number of para-hydroxylation sites is 2. The van der Waals surface area contributed by atoms with Gasteiger partial charge in [-0.15, -0.1) is 0 Å². The van der Waals surface area contributed by atoms with Crippen molar-refractivity contribution >= 4 is 88.7 Å². The van der Waals surface area contributed by atoms with Crippen molar-refractivity contribution < 1.29 is 0 Å². The molecule has 1 aromatic heterocycles. The van der Waals surface area contributed by atoms with E-state index < -0.39 is 7.92 Å². The summed E-state index contributed by atoms with van der Waals surface area (Å²) in [5, 5.41) is 16.9. The Morgan fingerprint density at radius 2 is 0.782 bits per heavy atom. The van der Waals surface area contributed by atoms with Crippen LogP contribution in [-0.2, 0) is 0 Å². The minimum atomic E-state index is -0.972. The van der Waals surface area contributed by atoms with Crippen LogP contribution in [0.15, 0.2) is 188 Å². The molecule has 254 valence electrons. The first kappa shape index (κ1) is 30.7. The van der Waals surface area contributed by atoms with Gasteiger partial charge in [-0.3, -0.25) is 0 Å². The SMILES string of the molecule is c1ccc2c(c1)cc(P(c1ccc(-c3ccc4c5c(cccc35)-c3nc5ccccc5nc3-4)cc1)c1cc3ccccc3c3ccccc13)c1ccccc12. The first-order chi connectivity index (χ1) is 27.3. The summed E-state index contributed by atoms with van der Waals surface area (Å²) in [6.45, 7) is 0. The number of rotatable bonds is 4. The minimum absolute atomic E-state index is 0.928. The fourth-order valence-corrected chi connectivity index (χ4v) is 11.7. The second kappa shape index (κ2) is 11.9. The van der Waals surface area contributed by atoms with Gasteiger partial charge in [-0.1, -0.05) is 164 Å². The van der Waals surface area contributed by atoms with Crippen LogP contribution in [0, 0.1) is 0 Å². The van der Waals surface area contributed by atoms with E-state index in [0.29, 0.717) is 0 Å². The van der Waals surface area contributed by atoms with Gasteiger partial charge in [-0.05, 0) is 108 Å². The van der Waals surface area contributed by atoms with Crippen LogP contribution in [0.25, 0.3) is 98.5 Å². The lowest BCUT2D eigenvalue weighted by Gasteiger charge is -2.25. The van der Waals surface area contributed by atoms with Crippen molar-refractivity contribution in [2.75, 3.05) is 0 Å². The van der Waals surface area contributed by atoms with Crippen molar-refractivity contribution in [3.8, 4) is 33.6 Å². The maximum absolute atomic E-state index is 5.11. The molecule has 0 spiro atoms. The normalized spacial score (nSPS) is 12.2. The van der Waals surface area contributed by atoms with Crippen LogP contribution < -0.4 is 15.9 Å². The van der Waals surface area contributed by atoms with Crippen molar-refractivity contribution in [3.63, 3.8) is 0 Å². The largest absolute Gasteiger partial charge is 0.244 e. The first-order valence-corrected chi connectivity index (χ1v) is 20.2. The third-order valence-corrected chi connectivity index (χ3v) is 14.1. The number of nitrogens with zero attached hydrogens (tertiary/aromatic N) is 2. The Morgan fingerprint density at radius 3 is 1.36 bits per heavy atom. The monoisotopic (exact) mass is 714 g/mol. The molecule has 0 atom stereocenters. The van der Waals surface area contributed by atoms with Crippen molar-refractivity contribution in [2.45, 2.75) is 0 Å². The summed E-state index contributed by atoms with van der Waals surface area (Å²) in [5.41, 5.74) is 8.55. The lowest BCUT2D eigenvalue weighted by Crippen LogP contribution is -2.22. The minimum Gasteiger partial charge on any atom is -0.244 e. The number of fused-ring (bicyclic) bond motifs is 10. The molecule has 1 aliphatic rings. The molecule has 55 heavy (non-hydrogen) atoms. The Labute approximate surface area is 319 Å². The molecule has 1 aliphatic carbocycles. The maximum Gasteiger partial charge on any atom is 0.0979 e. The average molecular weight is 715 g/mol. The molecule has 0 unspecified atom stereocenters. The van der Waals surface area contributed by atoms with E-state index in [1.165, 1.54) is 80.9 Å². The van der Waals surface area contributed by atoms with Crippen LogP contribution in [0.2, 0.25) is 0 Å². The fraction of sp³-hybridized carbons (Fsp3) is 0. The van der Waals surface area contributed by atoms with Crippen molar-refractivity contribution in [1.82, 2.24) is 9.97 Å². The van der Waals surface area contributed by atoms with Gasteiger partial charge in [0.2, 0.25) is 0 Å². The van der Waals surface area contributed by atoms with Crippen LogP contribution in [0.1, 0.15) is 0 Å². The molecule has 0 saturated carbocycles. The van der Waals surface area contributed by atoms with Gasteiger partial charge >= 0.3 is 0 Å². The van der Waals surface area contributed by atoms with E-state index in [0.717, 1.165) is 33.5 Å². The molecule has 1 heterocycles. The zero-order valence-corrected chi connectivity index (χ0v) is 30.6. The first-order valence-electron chi connectivity index (χ1n) is 18.8. The van der Waals surface area contributed by atoms with Gasteiger partial charge in [0.05, 0.1) is 22.4 Å². The predicted molar refractivity (Wildman–Crippen MR) is 236 cm³/mol. The average Bonchev–Trinajstić information content (AvgIpc) is 3.56. The predicted octanol–water partition coefficient (Wildman–Crippen LogP) is 12.5. The molecule has 0 N–H and O–H groups in total. The number of hydrogen-bond donors (Lipinski definition) is 0. The van der Waals surface area contributed by atoms with E-state index in [1.54, 1.807) is 0 Å². The molecule has 0 saturated heterocycles. The van der Waals surface area contributed by atoms with Gasteiger partial charge in [0, 0.05) is 16.5 Å². The summed E-state index contributed by atoms with van der Waals surface area (Å²) in [6, 6.07) is 69.3. The molecule has 10 aromatic carbocycles. The third kappa shape index (κ3) is 4.59.